The Kier molecular flexibility index (Phi) is 4.37. The summed E-state index contributed by atoms with van der Waals surface area (Å²) in [4.78, 5) is 25.1. The summed E-state index contributed by atoms with van der Waals surface area (Å²) in [6.45, 7) is 3.67. The zero-order valence-electron chi connectivity index (χ0n) is 12.1. The van der Waals surface area contributed by atoms with Crippen molar-refractivity contribution < 1.29 is 14.7 Å². The van der Waals surface area contributed by atoms with E-state index in [-0.39, 0.29) is 11.5 Å². The van der Waals surface area contributed by atoms with Crippen LogP contribution in [0.2, 0.25) is 0 Å². The minimum atomic E-state index is -1.07. The van der Waals surface area contributed by atoms with E-state index in [4.69, 9.17) is 0 Å². The standard InChI is InChI=1S/C15H16N2O3S/c1-4-10-5-7-11(8-6-10)13(18)17(3)14-12(15(19)20)9(2)16-21-14/h5-8H,4H2,1-3H3,(H,19,20). The van der Waals surface area contributed by atoms with Gasteiger partial charge in [-0.05, 0) is 42.6 Å². The van der Waals surface area contributed by atoms with Crippen LogP contribution in [0.25, 0.3) is 0 Å². The predicted molar refractivity (Wildman–Crippen MR) is 82.4 cm³/mol. The van der Waals surface area contributed by atoms with Crippen LogP contribution in [0.4, 0.5) is 5.00 Å². The van der Waals surface area contributed by atoms with Gasteiger partial charge in [0, 0.05) is 12.6 Å². The Hall–Kier alpha value is -2.21. The van der Waals surface area contributed by atoms with E-state index >= 15 is 0 Å². The molecule has 0 aliphatic carbocycles. The van der Waals surface area contributed by atoms with Crippen molar-refractivity contribution in [3.63, 3.8) is 0 Å². The number of aryl methyl sites for hydroxylation is 2. The van der Waals surface area contributed by atoms with E-state index < -0.39 is 5.97 Å². The number of anilines is 1. The molecule has 0 spiro atoms. The van der Waals surface area contributed by atoms with E-state index in [0.29, 0.717) is 16.3 Å². The molecule has 5 nitrogen and oxygen atoms in total. The van der Waals surface area contributed by atoms with E-state index in [1.165, 1.54) is 4.90 Å². The molecule has 2 aromatic rings. The molecule has 0 saturated carbocycles. The smallest absolute Gasteiger partial charge is 0.340 e. The SMILES string of the molecule is CCc1ccc(C(=O)N(C)c2snc(C)c2C(=O)O)cc1. The zero-order chi connectivity index (χ0) is 15.6. The van der Waals surface area contributed by atoms with Gasteiger partial charge >= 0.3 is 5.97 Å². The number of carbonyl (C=O) groups is 2. The summed E-state index contributed by atoms with van der Waals surface area (Å²) in [6, 6.07) is 7.31. The van der Waals surface area contributed by atoms with Gasteiger partial charge in [0.1, 0.15) is 10.6 Å². The van der Waals surface area contributed by atoms with Crippen molar-refractivity contribution in [1.82, 2.24) is 4.37 Å². The zero-order valence-corrected chi connectivity index (χ0v) is 12.9. The number of benzene rings is 1. The number of carboxylic acid groups (broad SMARTS) is 1. The molecule has 2 rings (SSSR count). The number of amides is 1. The molecule has 0 aliphatic heterocycles. The van der Waals surface area contributed by atoms with Crippen LogP contribution in [0, 0.1) is 6.92 Å². The third-order valence-corrected chi connectivity index (χ3v) is 4.29. The highest BCUT2D eigenvalue weighted by molar-refractivity contribution is 7.11. The molecular formula is C15H16N2O3S. The molecule has 0 bridgehead atoms. The average molecular weight is 304 g/mol. The highest BCUT2D eigenvalue weighted by Crippen LogP contribution is 2.28. The number of rotatable bonds is 4. The molecule has 0 atom stereocenters. The topological polar surface area (TPSA) is 70.5 Å². The van der Waals surface area contributed by atoms with Crippen LogP contribution in [0.5, 0.6) is 0 Å². The molecule has 6 heteroatoms. The van der Waals surface area contributed by atoms with E-state index in [1.807, 2.05) is 19.1 Å². The van der Waals surface area contributed by atoms with Crippen molar-refractivity contribution in [3.05, 3.63) is 46.6 Å². The van der Waals surface area contributed by atoms with Crippen LogP contribution in [0.3, 0.4) is 0 Å². The first kappa shape index (κ1) is 15.2. The van der Waals surface area contributed by atoms with Gasteiger partial charge in [-0.2, -0.15) is 4.37 Å². The van der Waals surface area contributed by atoms with Crippen molar-refractivity contribution in [2.45, 2.75) is 20.3 Å². The molecule has 110 valence electrons. The molecule has 0 radical (unpaired) electrons. The lowest BCUT2D eigenvalue weighted by Gasteiger charge is -2.16. The molecule has 1 aromatic carbocycles. The van der Waals surface area contributed by atoms with Gasteiger partial charge in [0.05, 0.1) is 5.69 Å². The molecule has 1 amide bonds. The van der Waals surface area contributed by atoms with E-state index in [1.54, 1.807) is 26.1 Å². The van der Waals surface area contributed by atoms with Crippen LogP contribution >= 0.6 is 11.5 Å². The summed E-state index contributed by atoms with van der Waals surface area (Å²) >= 11 is 1.02. The Bertz CT molecular complexity index is 677. The van der Waals surface area contributed by atoms with Gasteiger partial charge in [0.25, 0.3) is 5.91 Å². The Balaban J connectivity index is 2.32. The summed E-state index contributed by atoms with van der Waals surface area (Å²) < 4.78 is 4.03. The lowest BCUT2D eigenvalue weighted by atomic mass is 10.1. The van der Waals surface area contributed by atoms with Gasteiger partial charge in [-0.15, -0.1) is 0 Å². The molecule has 0 saturated heterocycles. The van der Waals surface area contributed by atoms with Gasteiger partial charge in [0.15, 0.2) is 0 Å². The highest BCUT2D eigenvalue weighted by atomic mass is 32.1. The normalized spacial score (nSPS) is 10.4. The van der Waals surface area contributed by atoms with Crippen LogP contribution in [0.1, 0.15) is 38.9 Å². The summed E-state index contributed by atoms with van der Waals surface area (Å²) in [5.74, 6) is -1.32. The van der Waals surface area contributed by atoms with Crippen molar-refractivity contribution in [2.24, 2.45) is 0 Å². The number of hydrogen-bond acceptors (Lipinski definition) is 4. The summed E-state index contributed by atoms with van der Waals surface area (Å²) in [6.07, 6.45) is 0.904. The minimum Gasteiger partial charge on any atom is -0.478 e. The second-order valence-corrected chi connectivity index (χ2v) is 5.42. The largest absolute Gasteiger partial charge is 0.478 e. The summed E-state index contributed by atoms with van der Waals surface area (Å²) in [5.41, 5.74) is 2.18. The third-order valence-electron chi connectivity index (χ3n) is 3.28. The fourth-order valence-corrected chi connectivity index (χ4v) is 2.85. The Morgan fingerprint density at radius 3 is 2.43 bits per heavy atom. The molecule has 1 aromatic heterocycles. The minimum absolute atomic E-state index is 0.0843. The van der Waals surface area contributed by atoms with Crippen LogP contribution in [-0.2, 0) is 6.42 Å². The number of carbonyl (C=O) groups excluding carboxylic acids is 1. The molecule has 0 aliphatic rings. The Morgan fingerprint density at radius 1 is 1.29 bits per heavy atom. The van der Waals surface area contributed by atoms with E-state index in [0.717, 1.165) is 23.5 Å². The molecule has 0 fully saturated rings. The van der Waals surface area contributed by atoms with E-state index in [9.17, 15) is 14.7 Å². The van der Waals surface area contributed by atoms with Gasteiger partial charge in [0.2, 0.25) is 0 Å². The maximum atomic E-state index is 12.4. The fraction of sp³-hybridized carbons (Fsp3) is 0.267. The molecular weight excluding hydrogens is 288 g/mol. The third kappa shape index (κ3) is 2.95. The Morgan fingerprint density at radius 2 is 1.90 bits per heavy atom. The van der Waals surface area contributed by atoms with Crippen molar-refractivity contribution >= 4 is 28.4 Å². The van der Waals surface area contributed by atoms with Crippen LogP contribution < -0.4 is 4.90 Å². The lowest BCUT2D eigenvalue weighted by molar-refractivity contribution is 0.0697. The van der Waals surface area contributed by atoms with E-state index in [2.05, 4.69) is 4.37 Å². The number of carboxylic acids is 1. The summed E-state index contributed by atoms with van der Waals surface area (Å²) in [5, 5.41) is 9.59. The monoisotopic (exact) mass is 304 g/mol. The van der Waals surface area contributed by atoms with Crippen LogP contribution in [-0.4, -0.2) is 28.4 Å². The lowest BCUT2D eigenvalue weighted by Crippen LogP contribution is -2.27. The number of nitrogens with zero attached hydrogens (tertiary/aromatic N) is 2. The molecule has 21 heavy (non-hydrogen) atoms. The summed E-state index contributed by atoms with van der Waals surface area (Å²) in [7, 11) is 1.56. The first-order valence-corrected chi connectivity index (χ1v) is 7.29. The van der Waals surface area contributed by atoms with Crippen molar-refractivity contribution in [3.8, 4) is 0 Å². The second kappa shape index (κ2) is 6.05. The van der Waals surface area contributed by atoms with Gasteiger partial charge < -0.3 is 10.0 Å². The first-order chi connectivity index (χ1) is 9.95. The van der Waals surface area contributed by atoms with Crippen molar-refractivity contribution in [1.29, 1.82) is 0 Å². The Labute approximate surface area is 127 Å². The second-order valence-electron chi connectivity index (χ2n) is 4.67. The van der Waals surface area contributed by atoms with Crippen LogP contribution in [0.15, 0.2) is 24.3 Å². The fourth-order valence-electron chi connectivity index (χ4n) is 2.00. The highest BCUT2D eigenvalue weighted by Gasteiger charge is 2.24. The quantitative estimate of drug-likeness (QED) is 0.942. The first-order valence-electron chi connectivity index (χ1n) is 6.52. The van der Waals surface area contributed by atoms with Gasteiger partial charge in [-0.1, -0.05) is 19.1 Å². The van der Waals surface area contributed by atoms with Gasteiger partial charge in [-0.3, -0.25) is 4.79 Å². The number of aromatic nitrogens is 1. The average Bonchev–Trinajstić information content (AvgIpc) is 2.87. The number of aromatic carboxylic acids is 1. The molecule has 0 unspecified atom stereocenters. The van der Waals surface area contributed by atoms with Crippen molar-refractivity contribution in [2.75, 3.05) is 11.9 Å². The molecule has 1 heterocycles. The van der Waals surface area contributed by atoms with Gasteiger partial charge in [-0.25, -0.2) is 4.79 Å². The maximum absolute atomic E-state index is 12.4. The number of hydrogen-bond donors (Lipinski definition) is 1. The predicted octanol–water partition coefficient (Wildman–Crippen LogP) is 2.99. The molecule has 1 N–H and O–H groups in total. The maximum Gasteiger partial charge on any atom is 0.340 e.